The maximum absolute atomic E-state index is 13.9. The van der Waals surface area contributed by atoms with Crippen molar-refractivity contribution in [3.8, 4) is 0 Å². The summed E-state index contributed by atoms with van der Waals surface area (Å²) in [5.74, 6) is -1.45. The molecule has 0 radical (unpaired) electrons. The lowest BCUT2D eigenvalue weighted by molar-refractivity contribution is -0.137. The van der Waals surface area contributed by atoms with Crippen LogP contribution in [0.25, 0.3) is 0 Å². The molecule has 0 N–H and O–H groups in total. The third-order valence-corrected chi connectivity index (χ3v) is 6.22. The minimum absolute atomic E-state index is 0.0279. The Morgan fingerprint density at radius 3 is 1.96 bits per heavy atom. The summed E-state index contributed by atoms with van der Waals surface area (Å²) in [5.41, 5.74) is -0.763. The van der Waals surface area contributed by atoms with E-state index in [1.54, 1.807) is 4.90 Å². The summed E-state index contributed by atoms with van der Waals surface area (Å²) in [7, 11) is -3.96. The van der Waals surface area contributed by atoms with Crippen molar-refractivity contribution < 1.29 is 30.4 Å². The van der Waals surface area contributed by atoms with Crippen LogP contribution in [0.15, 0.2) is 47.4 Å². The van der Waals surface area contributed by atoms with Crippen LogP contribution in [0.4, 0.5) is 27.6 Å². The second-order valence-corrected chi connectivity index (χ2v) is 7.95. The Morgan fingerprint density at radius 2 is 1.44 bits per heavy atom. The maximum atomic E-state index is 13.9. The van der Waals surface area contributed by atoms with E-state index in [-0.39, 0.29) is 36.8 Å². The summed E-state index contributed by atoms with van der Waals surface area (Å²) in [4.78, 5) is 1.35. The van der Waals surface area contributed by atoms with Gasteiger partial charge in [-0.3, -0.25) is 0 Å². The average Bonchev–Trinajstić information content (AvgIpc) is 2.61. The SMILES string of the molecule is O=S(=O)(c1ccc(C(F)(F)F)cc1)N1CCN(c2ccc(F)cc2F)CC1. The predicted octanol–water partition coefficient (Wildman–Crippen LogP) is 3.49. The first kappa shape index (κ1) is 19.6. The fraction of sp³-hybridized carbons (Fsp3) is 0.294. The largest absolute Gasteiger partial charge is 0.416 e. The van der Waals surface area contributed by atoms with Gasteiger partial charge in [0.2, 0.25) is 10.0 Å². The second-order valence-electron chi connectivity index (χ2n) is 6.01. The van der Waals surface area contributed by atoms with Gasteiger partial charge in [-0.1, -0.05) is 0 Å². The Bertz CT molecular complexity index is 921. The third-order valence-electron chi connectivity index (χ3n) is 4.31. The van der Waals surface area contributed by atoms with Crippen LogP contribution < -0.4 is 4.90 Å². The van der Waals surface area contributed by atoms with Gasteiger partial charge in [-0.15, -0.1) is 0 Å². The molecule has 0 spiro atoms. The Hall–Kier alpha value is -2.20. The third kappa shape index (κ3) is 4.06. The number of sulfonamides is 1. The van der Waals surface area contributed by atoms with Gasteiger partial charge in [-0.05, 0) is 36.4 Å². The van der Waals surface area contributed by atoms with E-state index in [4.69, 9.17) is 0 Å². The quantitative estimate of drug-likeness (QED) is 0.733. The molecular formula is C17H15F5N2O2S. The number of benzene rings is 2. The topological polar surface area (TPSA) is 40.6 Å². The summed E-state index contributed by atoms with van der Waals surface area (Å²) in [5, 5.41) is 0. The Morgan fingerprint density at radius 1 is 0.852 bits per heavy atom. The van der Waals surface area contributed by atoms with Crippen LogP contribution in [0.1, 0.15) is 5.56 Å². The molecule has 1 aliphatic heterocycles. The highest BCUT2D eigenvalue weighted by Gasteiger charge is 2.32. The van der Waals surface area contributed by atoms with Crippen LogP contribution in [0.5, 0.6) is 0 Å². The monoisotopic (exact) mass is 406 g/mol. The maximum Gasteiger partial charge on any atom is 0.416 e. The molecule has 0 bridgehead atoms. The Labute approximate surface area is 152 Å². The minimum Gasteiger partial charge on any atom is -0.367 e. The van der Waals surface area contributed by atoms with E-state index in [0.717, 1.165) is 40.7 Å². The van der Waals surface area contributed by atoms with Crippen LogP contribution >= 0.6 is 0 Å². The molecule has 1 heterocycles. The minimum atomic E-state index is -4.55. The van der Waals surface area contributed by atoms with Gasteiger partial charge in [-0.2, -0.15) is 17.5 Å². The first-order valence-electron chi connectivity index (χ1n) is 7.96. The number of alkyl halides is 3. The second kappa shape index (κ2) is 7.08. The molecule has 0 aromatic heterocycles. The zero-order chi connectivity index (χ0) is 19.8. The zero-order valence-corrected chi connectivity index (χ0v) is 14.7. The van der Waals surface area contributed by atoms with E-state index < -0.39 is 33.4 Å². The molecular weight excluding hydrogens is 391 g/mol. The number of piperazine rings is 1. The standard InChI is InChI=1S/C17H15F5N2O2S/c18-13-3-6-16(15(19)11-13)23-7-9-24(10-8-23)27(25,26)14-4-1-12(2-5-14)17(20,21)22/h1-6,11H,7-10H2. The molecule has 0 atom stereocenters. The number of hydrogen-bond donors (Lipinski definition) is 0. The van der Waals surface area contributed by atoms with E-state index >= 15 is 0 Å². The zero-order valence-electron chi connectivity index (χ0n) is 13.9. The molecule has 0 amide bonds. The Balaban J connectivity index is 1.73. The van der Waals surface area contributed by atoms with Crippen molar-refractivity contribution in [2.24, 2.45) is 0 Å². The van der Waals surface area contributed by atoms with Gasteiger partial charge in [0.25, 0.3) is 0 Å². The summed E-state index contributed by atoms with van der Waals surface area (Å²) in [6, 6.07) is 6.43. The van der Waals surface area contributed by atoms with Gasteiger partial charge >= 0.3 is 6.18 Å². The van der Waals surface area contributed by atoms with E-state index in [1.165, 1.54) is 6.07 Å². The lowest BCUT2D eigenvalue weighted by Gasteiger charge is -2.35. The summed E-state index contributed by atoms with van der Waals surface area (Å²) in [6.45, 7) is 0.394. The molecule has 27 heavy (non-hydrogen) atoms. The number of rotatable bonds is 3. The average molecular weight is 406 g/mol. The van der Waals surface area contributed by atoms with Crippen molar-refractivity contribution in [1.82, 2.24) is 4.31 Å². The van der Waals surface area contributed by atoms with E-state index in [9.17, 15) is 30.4 Å². The van der Waals surface area contributed by atoms with Crippen LogP contribution in [-0.4, -0.2) is 38.9 Å². The highest BCUT2D eigenvalue weighted by molar-refractivity contribution is 7.89. The smallest absolute Gasteiger partial charge is 0.367 e. The van der Waals surface area contributed by atoms with E-state index in [2.05, 4.69) is 0 Å². The summed E-state index contributed by atoms with van der Waals surface area (Å²) >= 11 is 0. The molecule has 2 aromatic rings. The first-order valence-corrected chi connectivity index (χ1v) is 9.40. The fourth-order valence-corrected chi connectivity index (χ4v) is 4.29. The van der Waals surface area contributed by atoms with Gasteiger partial charge < -0.3 is 4.90 Å². The van der Waals surface area contributed by atoms with Crippen LogP contribution in [0.2, 0.25) is 0 Å². The van der Waals surface area contributed by atoms with Crippen LogP contribution in [0.3, 0.4) is 0 Å². The predicted molar refractivity (Wildman–Crippen MR) is 88.8 cm³/mol. The summed E-state index contributed by atoms with van der Waals surface area (Å²) < 4.78 is 91.0. The van der Waals surface area contributed by atoms with E-state index in [1.807, 2.05) is 0 Å². The van der Waals surface area contributed by atoms with Crippen molar-refractivity contribution >= 4 is 15.7 Å². The number of nitrogens with zero attached hydrogens (tertiary/aromatic N) is 2. The first-order chi connectivity index (χ1) is 12.6. The van der Waals surface area contributed by atoms with E-state index in [0.29, 0.717) is 0 Å². The van der Waals surface area contributed by atoms with Gasteiger partial charge in [0, 0.05) is 32.2 Å². The normalized spacial score (nSPS) is 16.6. The van der Waals surface area contributed by atoms with Crippen molar-refractivity contribution in [2.75, 3.05) is 31.1 Å². The molecule has 1 aliphatic rings. The van der Waals surface area contributed by atoms with Gasteiger partial charge in [0.15, 0.2) is 0 Å². The van der Waals surface area contributed by atoms with Crippen molar-refractivity contribution in [3.63, 3.8) is 0 Å². The lowest BCUT2D eigenvalue weighted by Crippen LogP contribution is -2.48. The molecule has 3 rings (SSSR count). The molecule has 0 saturated carbocycles. The van der Waals surface area contributed by atoms with Crippen molar-refractivity contribution in [3.05, 3.63) is 59.7 Å². The van der Waals surface area contributed by atoms with Gasteiger partial charge in [-0.25, -0.2) is 17.2 Å². The van der Waals surface area contributed by atoms with Crippen LogP contribution in [-0.2, 0) is 16.2 Å². The molecule has 2 aromatic carbocycles. The fourth-order valence-electron chi connectivity index (χ4n) is 2.87. The molecule has 0 unspecified atom stereocenters. The highest BCUT2D eigenvalue weighted by Crippen LogP contribution is 2.30. The number of hydrogen-bond acceptors (Lipinski definition) is 3. The van der Waals surface area contributed by atoms with Crippen molar-refractivity contribution in [2.45, 2.75) is 11.1 Å². The van der Waals surface area contributed by atoms with Gasteiger partial charge in [0.05, 0.1) is 16.1 Å². The van der Waals surface area contributed by atoms with Gasteiger partial charge in [0.1, 0.15) is 11.6 Å². The molecule has 10 heteroatoms. The molecule has 1 fully saturated rings. The number of anilines is 1. The summed E-state index contributed by atoms with van der Waals surface area (Å²) in [6.07, 6.45) is -4.55. The highest BCUT2D eigenvalue weighted by atomic mass is 32.2. The molecule has 1 saturated heterocycles. The Kier molecular flexibility index (Phi) is 5.13. The number of halogens is 5. The van der Waals surface area contributed by atoms with Crippen LogP contribution in [0, 0.1) is 11.6 Å². The molecule has 4 nitrogen and oxygen atoms in total. The molecule has 0 aliphatic carbocycles. The molecule has 146 valence electrons. The van der Waals surface area contributed by atoms with Crippen molar-refractivity contribution in [1.29, 1.82) is 0 Å². The lowest BCUT2D eigenvalue weighted by atomic mass is 10.2.